The molecule has 0 radical (unpaired) electrons. The van der Waals surface area contributed by atoms with Crippen LogP contribution in [0.2, 0.25) is 0 Å². The zero-order valence-corrected chi connectivity index (χ0v) is 8.88. The van der Waals surface area contributed by atoms with E-state index in [4.69, 9.17) is 0 Å². The van der Waals surface area contributed by atoms with Crippen molar-refractivity contribution in [3.05, 3.63) is 11.1 Å². The zero-order chi connectivity index (χ0) is 8.69. The fraction of sp³-hybridized carbons (Fsp3) is 0.800. The van der Waals surface area contributed by atoms with Gasteiger partial charge in [-0.1, -0.05) is 31.4 Å². The number of rotatable bonds is 5. The van der Waals surface area contributed by atoms with Gasteiger partial charge in [-0.05, 0) is 26.2 Å². The van der Waals surface area contributed by atoms with E-state index in [2.05, 4.69) is 33.4 Å². The SMILES string of the molecule is CCCC/C(C)=C(\CC)CS. The molecule has 0 unspecified atom stereocenters. The maximum absolute atomic E-state index is 4.30. The summed E-state index contributed by atoms with van der Waals surface area (Å²) in [6.45, 7) is 6.69. The van der Waals surface area contributed by atoms with Crippen molar-refractivity contribution in [2.24, 2.45) is 0 Å². The highest BCUT2D eigenvalue weighted by molar-refractivity contribution is 7.80. The van der Waals surface area contributed by atoms with E-state index in [1.165, 1.54) is 31.3 Å². The van der Waals surface area contributed by atoms with Crippen molar-refractivity contribution in [3.8, 4) is 0 Å². The van der Waals surface area contributed by atoms with E-state index >= 15 is 0 Å². The van der Waals surface area contributed by atoms with E-state index in [-0.39, 0.29) is 0 Å². The van der Waals surface area contributed by atoms with Crippen LogP contribution in [0.3, 0.4) is 0 Å². The summed E-state index contributed by atoms with van der Waals surface area (Å²) < 4.78 is 0. The number of hydrogen-bond acceptors (Lipinski definition) is 1. The molecule has 0 saturated heterocycles. The summed E-state index contributed by atoms with van der Waals surface area (Å²) in [5.41, 5.74) is 3.09. The lowest BCUT2D eigenvalue weighted by Crippen LogP contribution is -1.89. The second kappa shape index (κ2) is 6.78. The Labute approximate surface area is 76.5 Å². The molecular formula is C10H20S. The maximum atomic E-state index is 4.30. The molecule has 0 aliphatic heterocycles. The molecule has 0 aromatic carbocycles. The van der Waals surface area contributed by atoms with Crippen molar-refractivity contribution >= 4 is 12.6 Å². The number of thiol groups is 1. The van der Waals surface area contributed by atoms with Crippen LogP contribution in [0.5, 0.6) is 0 Å². The van der Waals surface area contributed by atoms with Crippen molar-refractivity contribution in [1.82, 2.24) is 0 Å². The fourth-order valence-corrected chi connectivity index (χ4v) is 1.66. The standard InChI is InChI=1S/C10H20S/c1-4-6-7-9(3)10(5-2)8-11/h11H,4-8H2,1-3H3/b10-9+. The van der Waals surface area contributed by atoms with E-state index in [1.54, 1.807) is 5.57 Å². The third kappa shape index (κ3) is 4.52. The van der Waals surface area contributed by atoms with E-state index in [9.17, 15) is 0 Å². The van der Waals surface area contributed by atoms with Gasteiger partial charge in [0.1, 0.15) is 0 Å². The van der Waals surface area contributed by atoms with Crippen LogP contribution >= 0.6 is 12.6 Å². The lowest BCUT2D eigenvalue weighted by molar-refractivity contribution is 0.776. The van der Waals surface area contributed by atoms with Crippen molar-refractivity contribution in [1.29, 1.82) is 0 Å². The van der Waals surface area contributed by atoms with Crippen molar-refractivity contribution in [2.45, 2.75) is 46.5 Å². The van der Waals surface area contributed by atoms with Gasteiger partial charge in [0.15, 0.2) is 0 Å². The summed E-state index contributed by atoms with van der Waals surface area (Å²) >= 11 is 4.30. The van der Waals surface area contributed by atoms with Gasteiger partial charge in [0.05, 0.1) is 0 Å². The highest BCUT2D eigenvalue weighted by Gasteiger charge is 1.97. The Morgan fingerprint density at radius 3 is 2.27 bits per heavy atom. The number of unbranched alkanes of at least 4 members (excludes halogenated alkanes) is 1. The largest absolute Gasteiger partial charge is 0.175 e. The van der Waals surface area contributed by atoms with Crippen LogP contribution in [-0.4, -0.2) is 5.75 Å². The van der Waals surface area contributed by atoms with E-state index in [0.717, 1.165) is 5.75 Å². The van der Waals surface area contributed by atoms with Crippen LogP contribution in [0.15, 0.2) is 11.1 Å². The molecule has 0 rings (SSSR count). The molecule has 0 aromatic rings. The average Bonchev–Trinajstić information content (AvgIpc) is 2.03. The summed E-state index contributed by atoms with van der Waals surface area (Å²) in [5.74, 6) is 0.937. The van der Waals surface area contributed by atoms with Gasteiger partial charge in [0.2, 0.25) is 0 Å². The molecule has 0 amide bonds. The summed E-state index contributed by atoms with van der Waals surface area (Å²) in [6, 6.07) is 0. The van der Waals surface area contributed by atoms with Gasteiger partial charge in [-0.15, -0.1) is 0 Å². The molecule has 66 valence electrons. The minimum atomic E-state index is 0.937. The minimum absolute atomic E-state index is 0.937. The summed E-state index contributed by atoms with van der Waals surface area (Å²) in [4.78, 5) is 0. The molecule has 0 spiro atoms. The molecule has 11 heavy (non-hydrogen) atoms. The van der Waals surface area contributed by atoms with Crippen LogP contribution in [0.4, 0.5) is 0 Å². The number of allylic oxidation sites excluding steroid dienone is 1. The molecule has 0 heterocycles. The molecule has 0 N–H and O–H groups in total. The van der Waals surface area contributed by atoms with Gasteiger partial charge in [0.25, 0.3) is 0 Å². The van der Waals surface area contributed by atoms with Crippen molar-refractivity contribution in [3.63, 3.8) is 0 Å². The fourth-order valence-electron chi connectivity index (χ4n) is 1.17. The maximum Gasteiger partial charge on any atom is 0.0115 e. The zero-order valence-electron chi connectivity index (χ0n) is 7.98. The predicted octanol–water partition coefficient (Wildman–Crippen LogP) is 3.83. The third-order valence-corrected chi connectivity index (χ3v) is 2.51. The second-order valence-electron chi connectivity index (χ2n) is 3.00. The molecule has 0 bridgehead atoms. The van der Waals surface area contributed by atoms with Gasteiger partial charge in [-0.2, -0.15) is 12.6 Å². The smallest absolute Gasteiger partial charge is 0.0115 e. The van der Waals surface area contributed by atoms with Gasteiger partial charge < -0.3 is 0 Å². The van der Waals surface area contributed by atoms with Crippen LogP contribution in [0.1, 0.15) is 46.5 Å². The van der Waals surface area contributed by atoms with E-state index in [0.29, 0.717) is 0 Å². The molecule has 0 aromatic heterocycles. The molecule has 0 saturated carbocycles. The van der Waals surface area contributed by atoms with Crippen LogP contribution in [0, 0.1) is 0 Å². The Kier molecular flexibility index (Phi) is 6.83. The van der Waals surface area contributed by atoms with E-state index in [1.807, 2.05) is 0 Å². The van der Waals surface area contributed by atoms with Gasteiger partial charge in [-0.3, -0.25) is 0 Å². The topological polar surface area (TPSA) is 0 Å². The first kappa shape index (κ1) is 11.1. The van der Waals surface area contributed by atoms with Crippen molar-refractivity contribution in [2.75, 3.05) is 5.75 Å². The molecule has 0 aliphatic rings. The van der Waals surface area contributed by atoms with Gasteiger partial charge in [0, 0.05) is 5.75 Å². The van der Waals surface area contributed by atoms with Crippen molar-refractivity contribution < 1.29 is 0 Å². The Balaban J connectivity index is 3.89. The lowest BCUT2D eigenvalue weighted by atomic mass is 10.0. The Morgan fingerprint density at radius 1 is 1.27 bits per heavy atom. The molecule has 0 atom stereocenters. The Hall–Kier alpha value is 0.0900. The van der Waals surface area contributed by atoms with Gasteiger partial charge >= 0.3 is 0 Å². The highest BCUT2D eigenvalue weighted by atomic mass is 32.1. The van der Waals surface area contributed by atoms with E-state index < -0.39 is 0 Å². The Morgan fingerprint density at radius 2 is 1.91 bits per heavy atom. The van der Waals surface area contributed by atoms with Crippen LogP contribution in [0.25, 0.3) is 0 Å². The third-order valence-electron chi connectivity index (χ3n) is 2.13. The predicted molar refractivity (Wildman–Crippen MR) is 56.4 cm³/mol. The summed E-state index contributed by atoms with van der Waals surface area (Å²) in [5, 5.41) is 0. The molecular weight excluding hydrogens is 152 g/mol. The Bertz CT molecular complexity index is 119. The highest BCUT2D eigenvalue weighted by Crippen LogP contribution is 2.15. The van der Waals surface area contributed by atoms with Gasteiger partial charge in [-0.25, -0.2) is 0 Å². The molecule has 0 nitrogen and oxygen atoms in total. The first-order valence-corrected chi connectivity index (χ1v) is 5.17. The molecule has 0 fully saturated rings. The lowest BCUT2D eigenvalue weighted by Gasteiger charge is -2.06. The second-order valence-corrected chi connectivity index (χ2v) is 3.32. The molecule has 1 heteroatoms. The first-order valence-electron chi connectivity index (χ1n) is 4.54. The summed E-state index contributed by atoms with van der Waals surface area (Å²) in [6.07, 6.45) is 5.04. The monoisotopic (exact) mass is 172 g/mol. The van der Waals surface area contributed by atoms with Crippen LogP contribution < -0.4 is 0 Å². The minimum Gasteiger partial charge on any atom is -0.175 e. The molecule has 0 aliphatic carbocycles. The average molecular weight is 172 g/mol. The first-order chi connectivity index (χ1) is 5.26. The summed E-state index contributed by atoms with van der Waals surface area (Å²) in [7, 11) is 0. The quantitative estimate of drug-likeness (QED) is 0.473. The normalized spacial score (nSPS) is 13.1. The number of hydrogen-bond donors (Lipinski definition) is 1. The van der Waals surface area contributed by atoms with Crippen LogP contribution in [-0.2, 0) is 0 Å².